The number of nitrogens with zero attached hydrogens (tertiary/aromatic N) is 4. The Labute approximate surface area is 214 Å². The summed E-state index contributed by atoms with van der Waals surface area (Å²) in [5.74, 6) is 0.158. The first kappa shape index (κ1) is 28.4. The number of likely N-dealkylation sites (N-methyl/N-ethyl adjacent to an activating group) is 2. The second-order valence-electron chi connectivity index (χ2n) is 10.3. The van der Waals surface area contributed by atoms with E-state index >= 15 is 0 Å². The van der Waals surface area contributed by atoms with Gasteiger partial charge in [0.2, 0.25) is 0 Å². The van der Waals surface area contributed by atoms with Crippen molar-refractivity contribution in [2.75, 3.05) is 80.7 Å². The maximum Gasteiger partial charge on any atom is 0.366 e. The molecule has 1 aromatic carbocycles. The third kappa shape index (κ3) is 7.19. The van der Waals surface area contributed by atoms with Crippen LogP contribution in [-0.4, -0.2) is 114 Å². The van der Waals surface area contributed by atoms with Gasteiger partial charge in [0.15, 0.2) is 0 Å². The van der Waals surface area contributed by atoms with Crippen molar-refractivity contribution < 1.29 is 26.9 Å². The minimum absolute atomic E-state index is 0.262. The Morgan fingerprint density at radius 3 is 2.47 bits per heavy atom. The van der Waals surface area contributed by atoms with Crippen molar-refractivity contribution in [1.29, 1.82) is 0 Å². The molecule has 1 aliphatic rings. The molecule has 0 unspecified atom stereocenters. The highest BCUT2D eigenvalue weighted by Crippen LogP contribution is 2.29. The predicted octanol–water partition coefficient (Wildman–Crippen LogP) is 1.68. The molecule has 2 heterocycles. The molecule has 1 fully saturated rings. The summed E-state index contributed by atoms with van der Waals surface area (Å²) in [4.78, 5) is 19.2. The predicted molar refractivity (Wildman–Crippen MR) is 140 cm³/mol. The average Bonchev–Trinajstić information content (AvgIpc) is 3.21. The number of hydrogen-bond acceptors (Lipinski definition) is 9. The number of piperazine rings is 1. The van der Waals surface area contributed by atoms with Crippen LogP contribution in [0.4, 0.5) is 0 Å². The van der Waals surface area contributed by atoms with Gasteiger partial charge in [-0.2, -0.15) is 8.42 Å². The molecule has 0 spiro atoms. The van der Waals surface area contributed by atoms with E-state index in [4.69, 9.17) is 13.7 Å². The molecule has 0 amide bonds. The van der Waals surface area contributed by atoms with Crippen molar-refractivity contribution in [3.63, 3.8) is 0 Å². The molecule has 10 nitrogen and oxygen atoms in total. The number of methoxy groups -OCH3 is 1. The summed E-state index contributed by atoms with van der Waals surface area (Å²) in [6.45, 7) is 8.45. The fourth-order valence-corrected chi connectivity index (χ4v) is 5.19. The van der Waals surface area contributed by atoms with Crippen molar-refractivity contribution in [1.82, 2.24) is 18.7 Å². The zero-order chi connectivity index (χ0) is 26.5. The van der Waals surface area contributed by atoms with Crippen LogP contribution in [0.5, 0.6) is 5.75 Å². The van der Waals surface area contributed by atoms with Gasteiger partial charge >= 0.3 is 16.3 Å². The van der Waals surface area contributed by atoms with E-state index in [1.165, 1.54) is 0 Å². The molecule has 0 atom stereocenters. The lowest BCUT2D eigenvalue weighted by Gasteiger charge is -2.32. The maximum atomic E-state index is 13.2. The number of carbonyl (C=O) groups is 1. The van der Waals surface area contributed by atoms with Crippen LogP contribution in [0.15, 0.2) is 24.4 Å². The summed E-state index contributed by atoms with van der Waals surface area (Å²) >= 11 is 0. The Kier molecular flexibility index (Phi) is 9.39. The number of ether oxygens (including phenoxy) is 2. The van der Waals surface area contributed by atoms with E-state index in [1.807, 2.05) is 25.1 Å². The SMILES string of the molecule is COc1ccc2c(c1)c(CCN(C)C)cn2S(=O)(=O)OCC(C)(C)C(=O)OCCN1CCN(C)CC1. The van der Waals surface area contributed by atoms with Crippen LogP contribution in [0, 0.1) is 5.41 Å². The Bertz CT molecular complexity index is 1140. The van der Waals surface area contributed by atoms with Crippen LogP contribution < -0.4 is 4.74 Å². The smallest absolute Gasteiger partial charge is 0.366 e. The molecule has 36 heavy (non-hydrogen) atoms. The van der Waals surface area contributed by atoms with Gasteiger partial charge in [-0.15, -0.1) is 0 Å². The van der Waals surface area contributed by atoms with Gasteiger partial charge in [0.1, 0.15) is 12.4 Å². The molecular weight excluding hydrogens is 484 g/mol. The van der Waals surface area contributed by atoms with Crippen molar-refractivity contribution in [2.24, 2.45) is 5.41 Å². The lowest BCUT2D eigenvalue weighted by atomic mass is 9.95. The maximum absolute atomic E-state index is 13.2. The van der Waals surface area contributed by atoms with Crippen molar-refractivity contribution >= 4 is 27.2 Å². The molecule has 0 N–H and O–H groups in total. The number of carbonyl (C=O) groups excluding carboxylic acids is 1. The Hall–Kier alpha value is -2.18. The Morgan fingerprint density at radius 2 is 1.83 bits per heavy atom. The van der Waals surface area contributed by atoms with Crippen LogP contribution >= 0.6 is 0 Å². The molecular formula is C25H40N4O6S. The number of aromatic nitrogens is 1. The van der Waals surface area contributed by atoms with E-state index in [2.05, 4.69) is 16.8 Å². The number of hydrogen-bond donors (Lipinski definition) is 0. The van der Waals surface area contributed by atoms with Gasteiger partial charge in [-0.1, -0.05) is 0 Å². The van der Waals surface area contributed by atoms with E-state index in [0.29, 0.717) is 24.2 Å². The quantitative estimate of drug-likeness (QED) is 0.385. The highest BCUT2D eigenvalue weighted by molar-refractivity contribution is 7.85. The number of benzene rings is 1. The van der Waals surface area contributed by atoms with E-state index in [-0.39, 0.29) is 13.2 Å². The second-order valence-corrected chi connectivity index (χ2v) is 11.8. The molecule has 1 aliphatic heterocycles. The molecule has 3 rings (SSSR count). The van der Waals surface area contributed by atoms with Gasteiger partial charge in [-0.3, -0.25) is 13.9 Å². The molecule has 2 aromatic rings. The van der Waals surface area contributed by atoms with Crippen LogP contribution in [0.25, 0.3) is 10.9 Å². The van der Waals surface area contributed by atoms with Gasteiger partial charge in [0.25, 0.3) is 0 Å². The summed E-state index contributed by atoms with van der Waals surface area (Å²) in [5.41, 5.74) is 0.235. The molecule has 202 valence electrons. The van der Waals surface area contributed by atoms with E-state index in [9.17, 15) is 13.2 Å². The molecule has 1 saturated heterocycles. The third-order valence-electron chi connectivity index (χ3n) is 6.49. The molecule has 0 radical (unpaired) electrons. The zero-order valence-corrected chi connectivity index (χ0v) is 23.1. The topological polar surface area (TPSA) is 93.5 Å². The van der Waals surface area contributed by atoms with Crippen molar-refractivity contribution in [2.45, 2.75) is 20.3 Å². The molecule has 0 saturated carbocycles. The van der Waals surface area contributed by atoms with E-state index < -0.39 is 21.7 Å². The molecule has 0 bridgehead atoms. The lowest BCUT2D eigenvalue weighted by Crippen LogP contribution is -2.46. The zero-order valence-electron chi connectivity index (χ0n) is 22.3. The fraction of sp³-hybridized carbons (Fsp3) is 0.640. The summed E-state index contributed by atoms with van der Waals surface area (Å²) < 4.78 is 43.7. The minimum atomic E-state index is -4.19. The first-order chi connectivity index (χ1) is 16.9. The molecule has 11 heteroatoms. The van der Waals surface area contributed by atoms with Crippen LogP contribution in [0.1, 0.15) is 19.4 Å². The fourth-order valence-electron chi connectivity index (χ4n) is 3.97. The lowest BCUT2D eigenvalue weighted by molar-refractivity contribution is -0.156. The number of fused-ring (bicyclic) bond motifs is 1. The van der Waals surface area contributed by atoms with Crippen LogP contribution in [-0.2, 0) is 30.4 Å². The van der Waals surface area contributed by atoms with Gasteiger partial charge in [-0.05, 0) is 65.2 Å². The summed E-state index contributed by atoms with van der Waals surface area (Å²) in [5, 5.41) is 0.783. The standard InChI is InChI=1S/C25H40N4O6S/c1-25(2,24(30)34-16-15-28-13-11-27(5)12-14-28)19-35-36(31,32)29-18-20(9-10-26(3)4)22-17-21(33-6)7-8-23(22)29/h7-8,17-18H,9-16,19H2,1-6H3. The first-order valence-electron chi connectivity index (χ1n) is 12.2. The van der Waals surface area contributed by atoms with E-state index in [0.717, 1.165) is 47.6 Å². The van der Waals surface area contributed by atoms with Gasteiger partial charge in [0, 0.05) is 50.9 Å². The summed E-state index contributed by atoms with van der Waals surface area (Å²) in [6.07, 6.45) is 2.24. The Balaban J connectivity index is 1.66. The molecule has 0 aliphatic carbocycles. The number of esters is 1. The van der Waals surface area contributed by atoms with Crippen LogP contribution in [0.2, 0.25) is 0 Å². The first-order valence-corrected chi connectivity index (χ1v) is 13.6. The highest BCUT2D eigenvalue weighted by Gasteiger charge is 2.33. The largest absolute Gasteiger partial charge is 0.497 e. The highest BCUT2D eigenvalue weighted by atomic mass is 32.2. The molecule has 1 aromatic heterocycles. The van der Waals surface area contributed by atoms with Gasteiger partial charge < -0.3 is 19.3 Å². The third-order valence-corrected chi connectivity index (χ3v) is 7.69. The van der Waals surface area contributed by atoms with Gasteiger partial charge in [0.05, 0.1) is 24.6 Å². The van der Waals surface area contributed by atoms with Crippen molar-refractivity contribution in [3.05, 3.63) is 30.0 Å². The number of rotatable bonds is 12. The van der Waals surface area contributed by atoms with Gasteiger partial charge in [-0.25, -0.2) is 3.97 Å². The normalized spacial score (nSPS) is 16.1. The monoisotopic (exact) mass is 524 g/mol. The Morgan fingerprint density at radius 1 is 1.14 bits per heavy atom. The van der Waals surface area contributed by atoms with Crippen molar-refractivity contribution in [3.8, 4) is 5.75 Å². The summed E-state index contributed by atoms with van der Waals surface area (Å²) in [6, 6.07) is 5.24. The van der Waals surface area contributed by atoms with E-state index in [1.54, 1.807) is 39.3 Å². The van der Waals surface area contributed by atoms with Crippen LogP contribution in [0.3, 0.4) is 0 Å². The minimum Gasteiger partial charge on any atom is -0.497 e. The summed E-state index contributed by atoms with van der Waals surface area (Å²) in [7, 11) is 3.40. The average molecular weight is 525 g/mol. The second kappa shape index (κ2) is 11.9.